The van der Waals surface area contributed by atoms with Crippen LogP contribution in [0.3, 0.4) is 0 Å². The normalized spacial score (nSPS) is 24.7. The topological polar surface area (TPSA) is 59.2 Å². The fourth-order valence-electron chi connectivity index (χ4n) is 2.32. The molecule has 1 aromatic rings. The highest BCUT2D eigenvalue weighted by molar-refractivity contribution is 5.94. The third kappa shape index (κ3) is 2.40. The number of pyridine rings is 1. The molecule has 0 radical (unpaired) electrons. The number of rotatable bonds is 1. The van der Waals surface area contributed by atoms with Crippen molar-refractivity contribution in [1.82, 2.24) is 9.88 Å². The third-order valence-electron chi connectivity index (χ3n) is 3.67. The Morgan fingerprint density at radius 3 is 2.88 bits per heavy atom. The maximum absolute atomic E-state index is 12.3. The van der Waals surface area contributed by atoms with E-state index in [9.17, 15) is 4.79 Å². The summed E-state index contributed by atoms with van der Waals surface area (Å²) in [6, 6.07) is 3.72. The highest BCUT2D eigenvalue weighted by Crippen LogP contribution is 2.24. The van der Waals surface area contributed by atoms with Gasteiger partial charge in [-0.05, 0) is 37.8 Å². The average Bonchev–Trinajstić information content (AvgIpc) is 2.33. The van der Waals surface area contributed by atoms with Gasteiger partial charge < -0.3 is 10.6 Å². The lowest BCUT2D eigenvalue weighted by atomic mass is 9.91. The van der Waals surface area contributed by atoms with Gasteiger partial charge in [-0.1, -0.05) is 6.92 Å². The molecule has 2 unspecified atom stereocenters. The molecule has 2 heterocycles. The number of carbonyl (C=O) groups excluding carboxylic acids is 1. The van der Waals surface area contributed by atoms with E-state index >= 15 is 0 Å². The van der Waals surface area contributed by atoms with Crippen LogP contribution in [0, 0.1) is 5.92 Å². The smallest absolute Gasteiger partial charge is 0.255 e. The summed E-state index contributed by atoms with van der Waals surface area (Å²) in [5.41, 5.74) is 6.14. The number of nitrogens with two attached hydrogens (primary N) is 1. The largest absolute Gasteiger partial charge is 0.384 e. The van der Waals surface area contributed by atoms with Gasteiger partial charge in [-0.25, -0.2) is 4.98 Å². The molecule has 0 spiro atoms. The summed E-state index contributed by atoms with van der Waals surface area (Å²) in [5.74, 6) is 1.08. The number of nitrogens with zero attached hydrogens (tertiary/aromatic N) is 2. The van der Waals surface area contributed by atoms with Gasteiger partial charge in [-0.3, -0.25) is 4.79 Å². The van der Waals surface area contributed by atoms with Crippen molar-refractivity contribution in [3.8, 4) is 0 Å². The molecule has 4 heteroatoms. The molecule has 2 atom stereocenters. The first-order valence-corrected chi connectivity index (χ1v) is 6.12. The quantitative estimate of drug-likeness (QED) is 0.806. The van der Waals surface area contributed by atoms with Crippen LogP contribution in [0.15, 0.2) is 18.3 Å². The Hall–Kier alpha value is -1.58. The number of hydrogen-bond donors (Lipinski definition) is 1. The molecule has 4 nitrogen and oxygen atoms in total. The minimum Gasteiger partial charge on any atom is -0.384 e. The third-order valence-corrected chi connectivity index (χ3v) is 3.67. The van der Waals surface area contributed by atoms with Crippen LogP contribution in [0.25, 0.3) is 0 Å². The first-order chi connectivity index (χ1) is 8.09. The van der Waals surface area contributed by atoms with Gasteiger partial charge >= 0.3 is 0 Å². The lowest BCUT2D eigenvalue weighted by Crippen LogP contribution is -2.46. The molecule has 1 aliphatic rings. The van der Waals surface area contributed by atoms with Gasteiger partial charge in [0.1, 0.15) is 5.82 Å². The van der Waals surface area contributed by atoms with Crippen molar-refractivity contribution < 1.29 is 4.79 Å². The average molecular weight is 233 g/mol. The zero-order valence-corrected chi connectivity index (χ0v) is 10.4. The second-order valence-corrected chi connectivity index (χ2v) is 4.83. The highest BCUT2D eigenvalue weighted by atomic mass is 16.2. The predicted molar refractivity (Wildman–Crippen MR) is 67.5 cm³/mol. The van der Waals surface area contributed by atoms with E-state index in [1.54, 1.807) is 18.3 Å². The van der Waals surface area contributed by atoms with Crippen molar-refractivity contribution in [3.05, 3.63) is 23.9 Å². The van der Waals surface area contributed by atoms with E-state index in [2.05, 4.69) is 18.8 Å². The van der Waals surface area contributed by atoms with Crippen molar-refractivity contribution in [1.29, 1.82) is 0 Å². The molecule has 1 aliphatic heterocycles. The number of aromatic nitrogens is 1. The number of nitrogen functional groups attached to an aromatic ring is 1. The lowest BCUT2D eigenvalue weighted by Gasteiger charge is -2.37. The summed E-state index contributed by atoms with van der Waals surface area (Å²) in [5, 5.41) is 0. The van der Waals surface area contributed by atoms with Gasteiger partial charge in [0.15, 0.2) is 0 Å². The van der Waals surface area contributed by atoms with Gasteiger partial charge in [0.2, 0.25) is 0 Å². The minimum atomic E-state index is 0.0663. The van der Waals surface area contributed by atoms with Gasteiger partial charge in [0.25, 0.3) is 5.91 Å². The van der Waals surface area contributed by atoms with Crippen LogP contribution in [0.4, 0.5) is 5.82 Å². The maximum atomic E-state index is 12.3. The summed E-state index contributed by atoms with van der Waals surface area (Å²) >= 11 is 0. The molecule has 0 saturated carbocycles. The van der Waals surface area contributed by atoms with Crippen molar-refractivity contribution in [2.24, 2.45) is 5.92 Å². The first kappa shape index (κ1) is 11.9. The van der Waals surface area contributed by atoms with E-state index in [-0.39, 0.29) is 5.91 Å². The van der Waals surface area contributed by atoms with E-state index in [4.69, 9.17) is 5.73 Å². The van der Waals surface area contributed by atoms with E-state index in [0.29, 0.717) is 23.3 Å². The Balaban J connectivity index is 2.16. The standard InChI is InChI=1S/C13H19N3O/c1-9-4-3-7-16(10(9)2)13(17)11-5-6-12(14)15-8-11/h5-6,8-10H,3-4,7H2,1-2H3,(H2,14,15). The highest BCUT2D eigenvalue weighted by Gasteiger charge is 2.28. The number of carbonyl (C=O) groups is 1. The Morgan fingerprint density at radius 1 is 1.47 bits per heavy atom. The molecular weight excluding hydrogens is 214 g/mol. The Morgan fingerprint density at radius 2 is 2.24 bits per heavy atom. The number of amides is 1. The second kappa shape index (κ2) is 4.73. The molecule has 2 N–H and O–H groups in total. The summed E-state index contributed by atoms with van der Waals surface area (Å²) in [4.78, 5) is 18.2. The van der Waals surface area contributed by atoms with Gasteiger partial charge in [0.05, 0.1) is 5.56 Å². The molecule has 1 fully saturated rings. The van der Waals surface area contributed by atoms with E-state index in [0.717, 1.165) is 13.0 Å². The molecule has 1 amide bonds. The summed E-state index contributed by atoms with van der Waals surface area (Å²) in [6.45, 7) is 5.16. The van der Waals surface area contributed by atoms with Crippen LogP contribution in [0.5, 0.6) is 0 Å². The molecule has 0 aromatic carbocycles. The molecule has 17 heavy (non-hydrogen) atoms. The van der Waals surface area contributed by atoms with Crippen molar-refractivity contribution in [2.75, 3.05) is 12.3 Å². The van der Waals surface area contributed by atoms with Crippen molar-refractivity contribution >= 4 is 11.7 Å². The van der Waals surface area contributed by atoms with Crippen molar-refractivity contribution in [3.63, 3.8) is 0 Å². The van der Waals surface area contributed by atoms with E-state index < -0.39 is 0 Å². The van der Waals surface area contributed by atoms with Crippen LogP contribution in [0.1, 0.15) is 37.0 Å². The molecule has 92 valence electrons. The minimum absolute atomic E-state index is 0.0663. The van der Waals surface area contributed by atoms with Crippen LogP contribution < -0.4 is 5.73 Å². The van der Waals surface area contributed by atoms with Crippen LogP contribution in [0.2, 0.25) is 0 Å². The number of likely N-dealkylation sites (tertiary alicyclic amines) is 1. The number of anilines is 1. The maximum Gasteiger partial charge on any atom is 0.255 e. The molecule has 0 aliphatic carbocycles. The summed E-state index contributed by atoms with van der Waals surface area (Å²) in [6.07, 6.45) is 3.84. The van der Waals surface area contributed by atoms with Crippen LogP contribution in [-0.2, 0) is 0 Å². The Labute approximate surface area is 102 Å². The predicted octanol–water partition coefficient (Wildman–Crippen LogP) is 1.92. The lowest BCUT2D eigenvalue weighted by molar-refractivity contribution is 0.0550. The van der Waals surface area contributed by atoms with Gasteiger partial charge in [-0.15, -0.1) is 0 Å². The summed E-state index contributed by atoms with van der Waals surface area (Å²) < 4.78 is 0. The molecule has 0 bridgehead atoms. The van der Waals surface area contributed by atoms with E-state index in [1.807, 2.05) is 4.90 Å². The number of piperidine rings is 1. The van der Waals surface area contributed by atoms with Crippen LogP contribution >= 0.6 is 0 Å². The zero-order chi connectivity index (χ0) is 12.4. The Bertz CT molecular complexity index is 402. The molecule has 1 saturated heterocycles. The second-order valence-electron chi connectivity index (χ2n) is 4.83. The summed E-state index contributed by atoms with van der Waals surface area (Å²) in [7, 11) is 0. The monoisotopic (exact) mass is 233 g/mol. The zero-order valence-electron chi connectivity index (χ0n) is 10.4. The SMILES string of the molecule is CC1CCCN(C(=O)c2ccc(N)nc2)C1C. The van der Waals surface area contributed by atoms with Gasteiger partial charge in [-0.2, -0.15) is 0 Å². The van der Waals surface area contributed by atoms with Crippen molar-refractivity contribution in [2.45, 2.75) is 32.7 Å². The molecule has 1 aromatic heterocycles. The molecule has 2 rings (SSSR count). The number of hydrogen-bond acceptors (Lipinski definition) is 3. The van der Waals surface area contributed by atoms with E-state index in [1.165, 1.54) is 6.42 Å². The van der Waals surface area contributed by atoms with Crippen LogP contribution in [-0.4, -0.2) is 28.4 Å². The fraction of sp³-hybridized carbons (Fsp3) is 0.538. The fourth-order valence-corrected chi connectivity index (χ4v) is 2.32. The first-order valence-electron chi connectivity index (χ1n) is 6.12. The Kier molecular flexibility index (Phi) is 3.31. The molecular formula is C13H19N3O. The van der Waals surface area contributed by atoms with Gasteiger partial charge in [0, 0.05) is 18.8 Å².